The van der Waals surface area contributed by atoms with E-state index in [0.717, 1.165) is 106 Å². The quantitative estimate of drug-likeness (QED) is 0.163. The summed E-state index contributed by atoms with van der Waals surface area (Å²) < 4.78 is 21.2. The molecule has 0 saturated heterocycles. The maximum absolute atomic E-state index is 7.35. The second kappa shape index (κ2) is 12.5. The minimum Gasteiger partial charge on any atom is -0.466 e. The molecule has 10 aromatic rings. The lowest BCUT2D eigenvalue weighted by molar-refractivity contribution is 0.590. The Balaban J connectivity index is 1.27. The lowest BCUT2D eigenvalue weighted by Crippen LogP contribution is -2.61. The Bertz CT molecular complexity index is 3470. The zero-order chi connectivity index (χ0) is 42.6. The van der Waals surface area contributed by atoms with Crippen molar-refractivity contribution in [2.75, 3.05) is 9.71 Å². The summed E-state index contributed by atoms with van der Waals surface area (Å²) in [6.07, 6.45) is 0. The molecule has 0 bridgehead atoms. The molecule has 3 aromatic heterocycles. The van der Waals surface area contributed by atoms with Crippen molar-refractivity contribution in [1.29, 1.82) is 0 Å². The summed E-state index contributed by atoms with van der Waals surface area (Å²) in [6.45, 7) is 20.1. The second-order valence-corrected chi connectivity index (χ2v) is 20.6. The van der Waals surface area contributed by atoms with Crippen LogP contribution >= 0.6 is 0 Å². The molecule has 62 heavy (non-hydrogen) atoms. The topological polar surface area (TPSA) is 45.9 Å². The Kier molecular flexibility index (Phi) is 7.47. The minimum absolute atomic E-state index is 0.00398. The lowest BCUT2D eigenvalue weighted by Gasteiger charge is -2.43. The predicted octanol–water partition coefficient (Wildman–Crippen LogP) is 14.8. The van der Waals surface area contributed by atoms with Crippen LogP contribution in [-0.2, 0) is 16.2 Å². The second-order valence-electron chi connectivity index (χ2n) is 20.6. The van der Waals surface area contributed by atoms with E-state index in [0.29, 0.717) is 0 Å². The molecule has 6 heteroatoms. The van der Waals surface area contributed by atoms with E-state index in [1.807, 2.05) is 6.07 Å². The number of nitrogens with zero attached hydrogens (tertiary/aromatic N) is 2. The molecule has 0 aliphatic carbocycles. The average molecular weight is 809 g/mol. The lowest BCUT2D eigenvalue weighted by atomic mass is 9.45. The molecule has 2 aliphatic heterocycles. The van der Waals surface area contributed by atoms with Gasteiger partial charge in [0.05, 0.1) is 11.4 Å². The van der Waals surface area contributed by atoms with Gasteiger partial charge in [-0.2, -0.15) is 0 Å². The molecule has 7 aromatic carbocycles. The Morgan fingerprint density at radius 3 is 1.61 bits per heavy atom. The van der Waals surface area contributed by atoms with Gasteiger partial charge in [0.15, 0.2) is 5.58 Å². The third-order valence-electron chi connectivity index (χ3n) is 13.5. The predicted molar refractivity (Wildman–Crippen MR) is 261 cm³/mol. The van der Waals surface area contributed by atoms with Gasteiger partial charge in [0.2, 0.25) is 0 Å². The average Bonchev–Trinajstić information content (AvgIpc) is 3.93. The van der Waals surface area contributed by atoms with Crippen molar-refractivity contribution in [2.45, 2.75) is 78.6 Å². The van der Waals surface area contributed by atoms with E-state index in [-0.39, 0.29) is 23.1 Å². The van der Waals surface area contributed by atoms with Crippen molar-refractivity contribution in [2.24, 2.45) is 0 Å². The SMILES string of the molecule is CC(C)(C)c1ccc(N2B3c4oc5ccc(C(C)(C)C)cc5c4N(c4ccc(C(C)(C)C)cc4)c4c3c(cc3c4oc4ccccc43)-c3cc4c(cc32)oc2ccccc24)cc1. The number of rotatable bonds is 2. The molecule has 0 amide bonds. The van der Waals surface area contributed by atoms with Crippen LogP contribution in [0.1, 0.15) is 79.0 Å². The van der Waals surface area contributed by atoms with Crippen LogP contribution < -0.4 is 20.8 Å². The first-order valence-corrected chi connectivity index (χ1v) is 21.9. The highest BCUT2D eigenvalue weighted by Gasteiger charge is 2.50. The normalized spacial score (nSPS) is 14.1. The summed E-state index contributed by atoms with van der Waals surface area (Å²) in [5.41, 5.74) is 17.7. The Labute approximate surface area is 362 Å². The summed E-state index contributed by atoms with van der Waals surface area (Å²) >= 11 is 0. The molecule has 0 atom stereocenters. The van der Waals surface area contributed by atoms with Gasteiger partial charge in [-0.25, -0.2) is 0 Å². The van der Waals surface area contributed by atoms with E-state index in [1.165, 1.54) is 16.7 Å². The van der Waals surface area contributed by atoms with Crippen LogP contribution in [0.3, 0.4) is 0 Å². The van der Waals surface area contributed by atoms with Crippen molar-refractivity contribution in [3.63, 3.8) is 0 Å². The van der Waals surface area contributed by atoms with Crippen LogP contribution in [0.2, 0.25) is 0 Å². The van der Waals surface area contributed by atoms with E-state index in [2.05, 4.69) is 199 Å². The highest BCUT2D eigenvalue weighted by atomic mass is 16.3. The molecule has 304 valence electrons. The van der Waals surface area contributed by atoms with Gasteiger partial charge < -0.3 is 23.0 Å². The number of benzene rings is 7. The molecular formula is C56H49BN2O3. The van der Waals surface area contributed by atoms with Crippen LogP contribution in [0.25, 0.3) is 66.0 Å². The third kappa shape index (κ3) is 5.28. The largest absolute Gasteiger partial charge is 0.466 e. The van der Waals surface area contributed by atoms with E-state index in [4.69, 9.17) is 13.3 Å². The van der Waals surface area contributed by atoms with Crippen molar-refractivity contribution < 1.29 is 13.3 Å². The first kappa shape index (κ1) is 37.1. The summed E-state index contributed by atoms with van der Waals surface area (Å²) in [7, 11) is 0. The van der Waals surface area contributed by atoms with E-state index in [1.54, 1.807) is 0 Å². The van der Waals surface area contributed by atoms with Crippen molar-refractivity contribution in [3.8, 4) is 11.1 Å². The molecule has 0 N–H and O–H groups in total. The molecule has 0 fully saturated rings. The first-order valence-electron chi connectivity index (χ1n) is 21.9. The highest BCUT2D eigenvalue weighted by molar-refractivity contribution is 6.93. The first-order chi connectivity index (χ1) is 29.6. The monoisotopic (exact) mass is 808 g/mol. The summed E-state index contributed by atoms with van der Waals surface area (Å²) in [5.74, 6) is 0. The molecule has 0 radical (unpaired) electrons. The van der Waals surface area contributed by atoms with Crippen LogP contribution in [0, 0.1) is 0 Å². The van der Waals surface area contributed by atoms with Gasteiger partial charge in [0, 0.05) is 55.6 Å². The van der Waals surface area contributed by atoms with Gasteiger partial charge in [-0.1, -0.05) is 129 Å². The summed E-state index contributed by atoms with van der Waals surface area (Å²) in [5, 5.41) is 5.45. The zero-order valence-corrected chi connectivity index (χ0v) is 36.9. The smallest absolute Gasteiger partial charge is 0.376 e. The van der Waals surface area contributed by atoms with Crippen molar-refractivity contribution in [1.82, 2.24) is 0 Å². The Morgan fingerprint density at radius 1 is 0.419 bits per heavy atom. The number of fused-ring (bicyclic) bond motifs is 13. The molecule has 12 rings (SSSR count). The minimum atomic E-state index is -0.349. The molecule has 2 aliphatic rings. The van der Waals surface area contributed by atoms with Crippen LogP contribution in [0.15, 0.2) is 147 Å². The van der Waals surface area contributed by atoms with Crippen LogP contribution in [0.4, 0.5) is 28.4 Å². The van der Waals surface area contributed by atoms with Crippen molar-refractivity contribution in [3.05, 3.63) is 150 Å². The van der Waals surface area contributed by atoms with Gasteiger partial charge in [-0.3, -0.25) is 0 Å². The zero-order valence-electron chi connectivity index (χ0n) is 36.9. The van der Waals surface area contributed by atoms with Gasteiger partial charge in [-0.15, -0.1) is 0 Å². The van der Waals surface area contributed by atoms with E-state index < -0.39 is 0 Å². The summed E-state index contributed by atoms with van der Waals surface area (Å²) in [4.78, 5) is 4.96. The number of hydrogen-bond donors (Lipinski definition) is 0. The van der Waals surface area contributed by atoms with Crippen molar-refractivity contribution >= 4 is 101 Å². The molecule has 5 nitrogen and oxygen atoms in total. The number of hydrogen-bond acceptors (Lipinski definition) is 5. The maximum Gasteiger partial charge on any atom is 0.376 e. The molecule has 0 unspecified atom stereocenters. The van der Waals surface area contributed by atoms with E-state index >= 15 is 0 Å². The fraction of sp³-hybridized carbons (Fsp3) is 0.214. The Hall–Kier alpha value is -6.66. The fourth-order valence-electron chi connectivity index (χ4n) is 10.1. The number of anilines is 5. The third-order valence-corrected chi connectivity index (χ3v) is 13.5. The molecule has 0 saturated carbocycles. The van der Waals surface area contributed by atoms with Gasteiger partial charge in [0.1, 0.15) is 28.0 Å². The Morgan fingerprint density at radius 2 is 0.968 bits per heavy atom. The maximum atomic E-state index is 7.35. The van der Waals surface area contributed by atoms with Gasteiger partial charge in [0.25, 0.3) is 0 Å². The van der Waals surface area contributed by atoms with Gasteiger partial charge in [-0.05, 0) is 105 Å². The summed E-state index contributed by atoms with van der Waals surface area (Å²) in [6, 6.07) is 48.9. The molecule has 5 heterocycles. The fourth-order valence-corrected chi connectivity index (χ4v) is 10.1. The van der Waals surface area contributed by atoms with Gasteiger partial charge >= 0.3 is 6.85 Å². The van der Waals surface area contributed by atoms with Crippen LogP contribution in [-0.4, -0.2) is 6.85 Å². The number of furan rings is 3. The highest BCUT2D eigenvalue weighted by Crippen LogP contribution is 2.53. The molecular weight excluding hydrogens is 759 g/mol. The molecule has 0 spiro atoms. The standard InChI is InChI=1S/C56H49BN2O3/c1-54(2,3)32-18-23-35(24-19-32)58-50-43-28-34(56(7,8)9)22-27-47(43)62-53(50)57-49-41(30-42-38-15-11-13-17-46(38)61-52(42)51(49)58)39-29-40-37-14-10-12-16-45(37)60-48(40)31-44(39)59(57)36-25-20-33(21-26-36)55(4,5)6/h10-31H,1-9H3. The number of para-hydroxylation sites is 2. The van der Waals surface area contributed by atoms with E-state index in [9.17, 15) is 0 Å². The van der Waals surface area contributed by atoms with Crippen LogP contribution in [0.5, 0.6) is 0 Å².